The van der Waals surface area contributed by atoms with E-state index in [1.807, 2.05) is 49.5 Å². The first-order valence-corrected chi connectivity index (χ1v) is 10.5. The van der Waals surface area contributed by atoms with Crippen molar-refractivity contribution in [2.75, 3.05) is 26.3 Å². The van der Waals surface area contributed by atoms with Crippen molar-refractivity contribution < 1.29 is 19.0 Å². The van der Waals surface area contributed by atoms with E-state index in [1.165, 1.54) is 0 Å². The van der Waals surface area contributed by atoms with Gasteiger partial charge in [0, 0.05) is 37.9 Å². The number of amides is 1. The summed E-state index contributed by atoms with van der Waals surface area (Å²) >= 11 is 0. The highest BCUT2D eigenvalue weighted by molar-refractivity contribution is 5.77. The van der Waals surface area contributed by atoms with Gasteiger partial charge in [-0.1, -0.05) is 0 Å². The number of rotatable bonds is 5. The summed E-state index contributed by atoms with van der Waals surface area (Å²) < 4.78 is 19.9. The zero-order valence-electron chi connectivity index (χ0n) is 18.1. The molecule has 8 heteroatoms. The molecule has 0 spiro atoms. The van der Waals surface area contributed by atoms with Gasteiger partial charge >= 0.3 is 0 Å². The minimum Gasteiger partial charge on any atom is -0.484 e. The smallest absolute Gasteiger partial charge is 0.223 e. The highest BCUT2D eigenvalue weighted by atomic mass is 16.6. The molecule has 162 valence electrons. The van der Waals surface area contributed by atoms with Crippen LogP contribution in [-0.4, -0.2) is 70.2 Å². The molecule has 30 heavy (non-hydrogen) atoms. The Balaban J connectivity index is 1.27. The summed E-state index contributed by atoms with van der Waals surface area (Å²) in [5.74, 6) is 0.846. The van der Waals surface area contributed by atoms with Gasteiger partial charge in [-0.15, -0.1) is 0 Å². The average Bonchev–Trinajstić information content (AvgIpc) is 3.17. The van der Waals surface area contributed by atoms with Crippen LogP contribution in [0.3, 0.4) is 0 Å². The number of aromatic nitrogens is 3. The van der Waals surface area contributed by atoms with Gasteiger partial charge in [0.2, 0.25) is 5.91 Å². The molecule has 2 aromatic rings. The van der Waals surface area contributed by atoms with Crippen molar-refractivity contribution in [2.45, 2.75) is 51.9 Å². The summed E-state index contributed by atoms with van der Waals surface area (Å²) in [5, 5.41) is 4.43. The van der Waals surface area contributed by atoms with E-state index >= 15 is 0 Å². The van der Waals surface area contributed by atoms with Crippen molar-refractivity contribution in [1.82, 2.24) is 19.7 Å². The van der Waals surface area contributed by atoms with Crippen LogP contribution in [0.15, 0.2) is 18.3 Å². The lowest BCUT2D eigenvalue weighted by atomic mass is 10.1. The predicted octanol–water partition coefficient (Wildman–Crippen LogP) is 1.75. The molecule has 2 atom stereocenters. The first-order chi connectivity index (χ1) is 14.4. The van der Waals surface area contributed by atoms with Crippen molar-refractivity contribution in [3.05, 3.63) is 41.0 Å². The van der Waals surface area contributed by atoms with Gasteiger partial charge in [0.15, 0.2) is 0 Å². The van der Waals surface area contributed by atoms with E-state index in [4.69, 9.17) is 14.2 Å². The van der Waals surface area contributed by atoms with Crippen LogP contribution in [0.2, 0.25) is 0 Å². The molecule has 1 amide bonds. The summed E-state index contributed by atoms with van der Waals surface area (Å²) in [5.41, 5.74) is 4.23. The molecule has 0 aromatic carbocycles. The van der Waals surface area contributed by atoms with Crippen molar-refractivity contribution >= 4 is 5.91 Å². The molecule has 0 N–H and O–H groups in total. The summed E-state index contributed by atoms with van der Waals surface area (Å²) in [6.07, 6.45) is 2.49. The van der Waals surface area contributed by atoms with Gasteiger partial charge in [-0.25, -0.2) is 0 Å². The molecule has 2 fully saturated rings. The lowest BCUT2D eigenvalue weighted by molar-refractivity contribution is -0.131. The average molecular weight is 415 g/mol. The molecule has 0 aliphatic carbocycles. The first-order valence-electron chi connectivity index (χ1n) is 10.5. The Morgan fingerprint density at radius 3 is 2.43 bits per heavy atom. The molecule has 4 heterocycles. The van der Waals surface area contributed by atoms with E-state index in [1.54, 1.807) is 6.20 Å². The number of hydrogen-bond donors (Lipinski definition) is 0. The second-order valence-electron chi connectivity index (χ2n) is 8.19. The Kier molecular flexibility index (Phi) is 6.06. The largest absolute Gasteiger partial charge is 0.484 e. The van der Waals surface area contributed by atoms with Gasteiger partial charge in [-0.2, -0.15) is 5.10 Å². The van der Waals surface area contributed by atoms with Crippen LogP contribution in [0, 0.1) is 20.8 Å². The fourth-order valence-corrected chi connectivity index (χ4v) is 4.13. The molecule has 0 saturated carbocycles. The van der Waals surface area contributed by atoms with E-state index in [2.05, 4.69) is 10.1 Å². The number of carbonyl (C=O) groups excluding carboxylic acids is 1. The quantitative estimate of drug-likeness (QED) is 0.742. The Labute approximate surface area is 177 Å². The van der Waals surface area contributed by atoms with Crippen molar-refractivity contribution in [3.63, 3.8) is 0 Å². The topological polar surface area (TPSA) is 78.7 Å². The minimum absolute atomic E-state index is 0.111. The van der Waals surface area contributed by atoms with E-state index < -0.39 is 0 Å². The summed E-state index contributed by atoms with van der Waals surface area (Å²) in [6, 6.07) is 3.82. The second-order valence-corrected chi connectivity index (χ2v) is 8.19. The Bertz CT molecular complexity index is 879. The van der Waals surface area contributed by atoms with E-state index in [0.29, 0.717) is 44.9 Å². The van der Waals surface area contributed by atoms with Crippen LogP contribution in [0.25, 0.3) is 0 Å². The number of fused-ring (bicyclic) bond motifs is 1. The summed E-state index contributed by atoms with van der Waals surface area (Å²) in [7, 11) is 1.93. The van der Waals surface area contributed by atoms with Crippen LogP contribution >= 0.6 is 0 Å². The molecule has 0 unspecified atom stereocenters. The molecule has 0 bridgehead atoms. The van der Waals surface area contributed by atoms with Crippen LogP contribution in [0.1, 0.15) is 29.1 Å². The molecule has 0 radical (unpaired) electrons. The van der Waals surface area contributed by atoms with Crippen LogP contribution in [0.4, 0.5) is 0 Å². The third-order valence-electron chi connectivity index (χ3n) is 6.00. The molecule has 4 rings (SSSR count). The molecule has 2 saturated heterocycles. The third kappa shape index (κ3) is 4.49. The predicted molar refractivity (Wildman–Crippen MR) is 110 cm³/mol. The van der Waals surface area contributed by atoms with E-state index in [-0.39, 0.29) is 24.2 Å². The molecule has 2 aliphatic heterocycles. The van der Waals surface area contributed by atoms with E-state index in [0.717, 1.165) is 22.6 Å². The number of pyridine rings is 1. The monoisotopic (exact) mass is 414 g/mol. The van der Waals surface area contributed by atoms with Crippen molar-refractivity contribution in [3.8, 4) is 5.75 Å². The molecule has 2 aromatic heterocycles. The zero-order valence-corrected chi connectivity index (χ0v) is 18.1. The molecule has 2 aliphatic rings. The number of likely N-dealkylation sites (tertiary alicyclic amines) is 1. The Hall–Kier alpha value is -2.45. The molecular formula is C22H30N4O4. The van der Waals surface area contributed by atoms with Gasteiger partial charge in [0.25, 0.3) is 0 Å². The lowest BCUT2D eigenvalue weighted by Crippen LogP contribution is -2.33. The van der Waals surface area contributed by atoms with Gasteiger partial charge in [-0.3, -0.25) is 14.5 Å². The Morgan fingerprint density at radius 2 is 1.87 bits per heavy atom. The minimum atomic E-state index is -0.180. The zero-order chi connectivity index (χ0) is 21.3. The highest BCUT2D eigenvalue weighted by Gasteiger charge is 2.39. The fraction of sp³-hybridized carbons (Fsp3) is 0.591. The number of hydrogen-bond acceptors (Lipinski definition) is 6. The number of nitrogens with zero attached hydrogens (tertiary/aromatic N) is 4. The number of aryl methyl sites for hydroxylation is 3. The van der Waals surface area contributed by atoms with Crippen LogP contribution < -0.4 is 4.74 Å². The van der Waals surface area contributed by atoms with Gasteiger partial charge in [0.05, 0.1) is 25.1 Å². The lowest BCUT2D eigenvalue weighted by Gasteiger charge is -2.19. The fourth-order valence-electron chi connectivity index (χ4n) is 4.13. The van der Waals surface area contributed by atoms with Crippen LogP contribution in [0.5, 0.6) is 5.75 Å². The summed E-state index contributed by atoms with van der Waals surface area (Å²) in [6.45, 7) is 7.97. The Morgan fingerprint density at radius 1 is 1.17 bits per heavy atom. The summed E-state index contributed by atoms with van der Waals surface area (Å²) in [4.78, 5) is 18.9. The first kappa shape index (κ1) is 20.8. The molecular weight excluding hydrogens is 384 g/mol. The van der Waals surface area contributed by atoms with Crippen molar-refractivity contribution in [1.29, 1.82) is 0 Å². The normalized spacial score (nSPS) is 22.1. The number of ether oxygens (including phenoxy) is 3. The molecule has 8 nitrogen and oxygen atoms in total. The maximum absolute atomic E-state index is 12.8. The maximum Gasteiger partial charge on any atom is 0.223 e. The van der Waals surface area contributed by atoms with Gasteiger partial charge < -0.3 is 19.1 Å². The second kappa shape index (κ2) is 8.73. The van der Waals surface area contributed by atoms with Gasteiger partial charge in [0.1, 0.15) is 24.1 Å². The maximum atomic E-state index is 12.8. The SMILES string of the molecule is Cc1ccc(OC2CO[C@H]3CN(C(=O)CCc4c(C)nn(C)c4C)C[C@@H]3OC2)cn1. The standard InChI is InChI=1S/C22H30N4O4/c1-14-5-6-17(9-23-14)30-18-12-28-20-10-26(11-21(20)29-13-18)22(27)8-7-19-15(2)24-25(4)16(19)3/h5-6,9,18,20-21H,7-8,10-13H2,1-4H3/t20-,21-/m0/s1. The number of carbonyl (C=O) groups is 1. The third-order valence-corrected chi connectivity index (χ3v) is 6.00. The van der Waals surface area contributed by atoms with E-state index in [9.17, 15) is 4.79 Å². The highest BCUT2D eigenvalue weighted by Crippen LogP contribution is 2.23. The van der Waals surface area contributed by atoms with Crippen LogP contribution in [-0.2, 0) is 27.7 Å². The van der Waals surface area contributed by atoms with Crippen molar-refractivity contribution in [2.24, 2.45) is 7.05 Å². The van der Waals surface area contributed by atoms with Gasteiger partial charge in [-0.05, 0) is 44.9 Å².